The highest BCUT2D eigenvalue weighted by Crippen LogP contribution is 2.38. The summed E-state index contributed by atoms with van der Waals surface area (Å²) in [5.41, 5.74) is 0.0206. The summed E-state index contributed by atoms with van der Waals surface area (Å²) in [7, 11) is 3.00. The number of alkyl halides is 3. The number of amides is 1. The minimum Gasteiger partial charge on any atom is -0.496 e. The van der Waals surface area contributed by atoms with Crippen molar-refractivity contribution in [1.82, 2.24) is 0 Å². The van der Waals surface area contributed by atoms with Crippen LogP contribution in [-0.4, -0.2) is 33.2 Å². The smallest absolute Gasteiger partial charge is 0.416 e. The van der Waals surface area contributed by atoms with E-state index in [0.29, 0.717) is 17.1 Å². The van der Waals surface area contributed by atoms with Gasteiger partial charge in [-0.25, -0.2) is 0 Å². The van der Waals surface area contributed by atoms with Gasteiger partial charge in [0.1, 0.15) is 23.1 Å². The Balaban J connectivity index is 1.91. The van der Waals surface area contributed by atoms with Gasteiger partial charge in [-0.3, -0.25) is 4.79 Å². The van der Waals surface area contributed by atoms with Gasteiger partial charge in [0.25, 0.3) is 5.91 Å². The Morgan fingerprint density at radius 2 is 1.81 bits per heavy atom. The van der Waals surface area contributed by atoms with Crippen LogP contribution < -0.4 is 19.7 Å². The summed E-state index contributed by atoms with van der Waals surface area (Å²) in [5, 5.41) is 11.8. The number of ether oxygens (including phenoxy) is 2. The van der Waals surface area contributed by atoms with Crippen molar-refractivity contribution < 1.29 is 27.4 Å². The minimum absolute atomic E-state index is 0.0695. The van der Waals surface area contributed by atoms with Gasteiger partial charge in [-0.1, -0.05) is 6.07 Å². The minimum atomic E-state index is -4.55. The van der Waals surface area contributed by atoms with Crippen LogP contribution in [0.4, 0.5) is 24.5 Å². The van der Waals surface area contributed by atoms with E-state index in [1.54, 1.807) is 18.2 Å². The number of halogens is 3. The maximum absolute atomic E-state index is 12.9. The van der Waals surface area contributed by atoms with Crippen molar-refractivity contribution in [1.29, 1.82) is 5.26 Å². The molecule has 1 amide bonds. The van der Waals surface area contributed by atoms with E-state index in [9.17, 15) is 23.2 Å². The highest BCUT2D eigenvalue weighted by Gasteiger charge is 2.30. The number of nitrogens with one attached hydrogen (secondary N) is 1. The Hall–Kier alpha value is -3.67. The second kappa shape index (κ2) is 9.64. The number of nitrogens with zero attached hydrogens (tertiary/aromatic N) is 2. The van der Waals surface area contributed by atoms with E-state index >= 15 is 0 Å². The molecule has 1 fully saturated rings. The lowest BCUT2D eigenvalue weighted by atomic mass is 10.1. The number of hydrogen-bond donors (Lipinski definition) is 1. The first-order valence-corrected chi connectivity index (χ1v) is 9.88. The van der Waals surface area contributed by atoms with E-state index in [-0.39, 0.29) is 11.3 Å². The Morgan fingerprint density at radius 3 is 2.41 bits per heavy atom. The summed E-state index contributed by atoms with van der Waals surface area (Å²) in [6, 6.07) is 9.45. The molecule has 9 heteroatoms. The van der Waals surface area contributed by atoms with Gasteiger partial charge in [-0.2, -0.15) is 18.4 Å². The summed E-state index contributed by atoms with van der Waals surface area (Å²) in [6.07, 6.45) is -1.09. The van der Waals surface area contributed by atoms with Crippen LogP contribution in [0.5, 0.6) is 11.5 Å². The van der Waals surface area contributed by atoms with Crippen LogP contribution in [-0.2, 0) is 11.0 Å². The molecule has 1 saturated heterocycles. The number of hydrogen-bond acceptors (Lipinski definition) is 5. The van der Waals surface area contributed by atoms with Gasteiger partial charge in [-0.05, 0) is 43.2 Å². The van der Waals surface area contributed by atoms with Gasteiger partial charge >= 0.3 is 6.18 Å². The Kier molecular flexibility index (Phi) is 6.93. The van der Waals surface area contributed by atoms with Crippen molar-refractivity contribution in [2.75, 3.05) is 37.5 Å². The number of carbonyl (C=O) groups excluding carboxylic acids is 1. The molecule has 1 aliphatic heterocycles. The molecule has 0 spiro atoms. The molecule has 0 aliphatic carbocycles. The molecule has 0 unspecified atom stereocenters. The van der Waals surface area contributed by atoms with Gasteiger partial charge < -0.3 is 19.7 Å². The van der Waals surface area contributed by atoms with Gasteiger partial charge in [0.2, 0.25) is 0 Å². The van der Waals surface area contributed by atoms with E-state index in [1.807, 2.05) is 0 Å². The topological polar surface area (TPSA) is 74.6 Å². The van der Waals surface area contributed by atoms with Crippen LogP contribution in [0.2, 0.25) is 0 Å². The van der Waals surface area contributed by atoms with Crippen LogP contribution in [0.25, 0.3) is 6.08 Å². The molecule has 32 heavy (non-hydrogen) atoms. The quantitative estimate of drug-likeness (QED) is 0.507. The van der Waals surface area contributed by atoms with Crippen molar-refractivity contribution in [3.63, 3.8) is 0 Å². The summed E-state index contributed by atoms with van der Waals surface area (Å²) >= 11 is 0. The molecule has 0 bridgehead atoms. The van der Waals surface area contributed by atoms with Crippen LogP contribution >= 0.6 is 0 Å². The largest absolute Gasteiger partial charge is 0.496 e. The zero-order valence-corrected chi connectivity index (χ0v) is 17.6. The average Bonchev–Trinajstić information content (AvgIpc) is 3.31. The van der Waals surface area contributed by atoms with Gasteiger partial charge in [-0.15, -0.1) is 0 Å². The highest BCUT2D eigenvalue weighted by atomic mass is 19.4. The average molecular weight is 445 g/mol. The lowest BCUT2D eigenvalue weighted by Gasteiger charge is -2.22. The molecular formula is C23H22F3N3O3. The predicted molar refractivity (Wildman–Crippen MR) is 115 cm³/mol. The van der Waals surface area contributed by atoms with E-state index in [0.717, 1.165) is 43.8 Å². The summed E-state index contributed by atoms with van der Waals surface area (Å²) in [5.74, 6) is 0.165. The molecule has 1 aliphatic rings. The summed E-state index contributed by atoms with van der Waals surface area (Å²) in [4.78, 5) is 14.7. The van der Waals surface area contributed by atoms with E-state index in [1.165, 1.54) is 32.4 Å². The van der Waals surface area contributed by atoms with Gasteiger partial charge in [0.15, 0.2) is 0 Å². The molecule has 1 heterocycles. The zero-order chi connectivity index (χ0) is 23.3. The first-order chi connectivity index (χ1) is 15.3. The predicted octanol–water partition coefficient (Wildman–Crippen LogP) is 4.87. The zero-order valence-electron chi connectivity index (χ0n) is 17.6. The van der Waals surface area contributed by atoms with Crippen molar-refractivity contribution in [2.45, 2.75) is 19.0 Å². The molecule has 6 nitrogen and oxygen atoms in total. The Morgan fingerprint density at radius 1 is 1.12 bits per heavy atom. The molecule has 0 aromatic heterocycles. The van der Waals surface area contributed by atoms with Crippen LogP contribution in [0.1, 0.15) is 24.0 Å². The summed E-state index contributed by atoms with van der Waals surface area (Å²) < 4.78 is 49.7. The van der Waals surface area contributed by atoms with Crippen molar-refractivity contribution >= 4 is 23.4 Å². The Labute approximate surface area is 183 Å². The standard InChI is InChI=1S/C23H22F3N3O3/c1-31-20-13-19(29-8-3-4-9-29)21(32-2)11-15(20)10-16(14-27)22(30)28-18-7-5-6-17(12-18)23(24,25)26/h5-7,10-13H,3-4,8-9H2,1-2H3,(H,28,30)/b16-10-. The van der Waals surface area contributed by atoms with Crippen LogP contribution in [0, 0.1) is 11.3 Å². The van der Waals surface area contributed by atoms with Crippen molar-refractivity contribution in [3.8, 4) is 17.6 Å². The van der Waals surface area contributed by atoms with E-state index in [2.05, 4.69) is 10.2 Å². The maximum Gasteiger partial charge on any atom is 0.416 e. The molecule has 0 radical (unpaired) electrons. The maximum atomic E-state index is 12.9. The molecule has 2 aromatic rings. The fourth-order valence-electron chi connectivity index (χ4n) is 3.50. The Bertz CT molecular complexity index is 1070. The third-order valence-corrected chi connectivity index (χ3v) is 5.09. The molecule has 0 saturated carbocycles. The molecule has 168 valence electrons. The third kappa shape index (κ3) is 5.14. The summed E-state index contributed by atoms with van der Waals surface area (Å²) in [6.45, 7) is 1.77. The third-order valence-electron chi connectivity index (χ3n) is 5.09. The number of nitriles is 1. The molecule has 3 rings (SSSR count). The van der Waals surface area contributed by atoms with Crippen LogP contribution in [0.3, 0.4) is 0 Å². The van der Waals surface area contributed by atoms with E-state index < -0.39 is 17.6 Å². The van der Waals surface area contributed by atoms with E-state index in [4.69, 9.17) is 9.47 Å². The number of methoxy groups -OCH3 is 2. The normalized spacial score (nSPS) is 14.1. The van der Waals surface area contributed by atoms with Gasteiger partial charge in [0.05, 0.1) is 25.5 Å². The number of carbonyl (C=O) groups is 1. The first-order valence-electron chi connectivity index (χ1n) is 9.88. The van der Waals surface area contributed by atoms with Gasteiger partial charge in [0, 0.05) is 30.4 Å². The van der Waals surface area contributed by atoms with Crippen molar-refractivity contribution in [3.05, 3.63) is 53.1 Å². The highest BCUT2D eigenvalue weighted by molar-refractivity contribution is 6.10. The molecular weight excluding hydrogens is 423 g/mol. The monoisotopic (exact) mass is 445 g/mol. The van der Waals surface area contributed by atoms with Crippen molar-refractivity contribution in [2.24, 2.45) is 0 Å². The fraction of sp³-hybridized carbons (Fsp3) is 0.304. The van der Waals surface area contributed by atoms with Crippen LogP contribution in [0.15, 0.2) is 42.0 Å². The lowest BCUT2D eigenvalue weighted by molar-refractivity contribution is -0.137. The first kappa shape index (κ1) is 23.0. The molecule has 1 N–H and O–H groups in total. The fourth-order valence-corrected chi connectivity index (χ4v) is 3.50. The molecule has 0 atom stereocenters. The number of rotatable bonds is 6. The molecule has 2 aromatic carbocycles. The number of anilines is 2. The SMILES string of the molecule is COc1cc(N2CCCC2)c(OC)cc1/C=C(/C#N)C(=O)Nc1cccc(C(F)(F)F)c1. The second-order valence-corrected chi connectivity index (χ2v) is 7.16. The second-order valence-electron chi connectivity index (χ2n) is 7.16. The number of benzene rings is 2. The lowest BCUT2D eigenvalue weighted by Crippen LogP contribution is -2.18.